The molecule has 184 valence electrons. The van der Waals surface area contributed by atoms with Crippen LogP contribution in [0.3, 0.4) is 0 Å². The average Bonchev–Trinajstić information content (AvgIpc) is 3.31. The predicted octanol–water partition coefficient (Wildman–Crippen LogP) is 4.50. The highest BCUT2D eigenvalue weighted by Gasteiger charge is 2.32. The smallest absolute Gasteiger partial charge is 0.342 e. The Bertz CT molecular complexity index is 1420. The molecule has 1 aliphatic heterocycles. The Hall–Kier alpha value is -3.67. The van der Waals surface area contributed by atoms with Crippen LogP contribution < -0.4 is 9.04 Å². The van der Waals surface area contributed by atoms with Crippen molar-refractivity contribution in [1.82, 2.24) is 0 Å². The number of para-hydroxylation sites is 1. The fourth-order valence-electron chi connectivity index (χ4n) is 3.68. The zero-order valence-electron chi connectivity index (χ0n) is 17.9. The maximum atomic E-state index is 13.9. The van der Waals surface area contributed by atoms with E-state index in [1.807, 2.05) is 0 Å². The second-order valence-corrected chi connectivity index (χ2v) is 9.30. The zero-order chi connectivity index (χ0) is 25.5. The summed E-state index contributed by atoms with van der Waals surface area (Å²) < 4.78 is 105. The van der Waals surface area contributed by atoms with Gasteiger partial charge in [0.2, 0.25) is 5.82 Å². The lowest BCUT2D eigenvalue weighted by atomic mass is 10.1. The number of sulfonamides is 1. The fraction of sp³-hybridized carbons (Fsp3) is 0.174. The van der Waals surface area contributed by atoms with Gasteiger partial charge in [-0.05, 0) is 36.2 Å². The predicted molar refractivity (Wildman–Crippen MR) is 113 cm³/mol. The molecular formula is C23H16F5NO5S. The molecule has 35 heavy (non-hydrogen) atoms. The van der Waals surface area contributed by atoms with Gasteiger partial charge in [-0.3, -0.25) is 4.31 Å². The highest BCUT2D eigenvalue weighted by Crippen LogP contribution is 2.34. The zero-order valence-corrected chi connectivity index (χ0v) is 18.8. The number of benzene rings is 3. The van der Waals surface area contributed by atoms with Gasteiger partial charge in [0.15, 0.2) is 23.3 Å². The SMILES string of the molecule is COc1ccc(S(=O)(=O)N2CCc3ccccc32)cc1C(=O)OCc1c(F)c(F)c(F)c(F)c1F. The van der Waals surface area contributed by atoms with E-state index in [4.69, 9.17) is 9.47 Å². The van der Waals surface area contributed by atoms with Crippen LogP contribution in [-0.4, -0.2) is 28.0 Å². The van der Waals surface area contributed by atoms with Crippen LogP contribution in [0.1, 0.15) is 21.5 Å². The number of carbonyl (C=O) groups excluding carboxylic acids is 1. The molecule has 0 radical (unpaired) electrons. The Labute approximate surface area is 196 Å². The van der Waals surface area contributed by atoms with Gasteiger partial charge in [0.25, 0.3) is 10.0 Å². The summed E-state index contributed by atoms with van der Waals surface area (Å²) in [5.74, 6) is -12.5. The van der Waals surface area contributed by atoms with Gasteiger partial charge >= 0.3 is 5.97 Å². The van der Waals surface area contributed by atoms with Crippen molar-refractivity contribution in [2.24, 2.45) is 0 Å². The van der Waals surface area contributed by atoms with Crippen molar-refractivity contribution in [3.8, 4) is 5.75 Å². The number of carbonyl (C=O) groups is 1. The van der Waals surface area contributed by atoms with E-state index in [2.05, 4.69) is 0 Å². The second kappa shape index (κ2) is 9.17. The van der Waals surface area contributed by atoms with Gasteiger partial charge in [-0.15, -0.1) is 0 Å². The molecule has 0 saturated carbocycles. The summed E-state index contributed by atoms with van der Waals surface area (Å²) >= 11 is 0. The molecule has 0 aliphatic carbocycles. The quantitative estimate of drug-likeness (QED) is 0.210. The van der Waals surface area contributed by atoms with Crippen LogP contribution in [0, 0.1) is 29.1 Å². The number of hydrogen-bond acceptors (Lipinski definition) is 5. The first kappa shape index (κ1) is 24.5. The molecule has 0 N–H and O–H groups in total. The molecule has 0 saturated heterocycles. The Kier molecular flexibility index (Phi) is 6.41. The summed E-state index contributed by atoms with van der Waals surface area (Å²) in [5, 5.41) is 0. The lowest BCUT2D eigenvalue weighted by molar-refractivity contribution is 0.0458. The average molecular weight is 513 g/mol. The van der Waals surface area contributed by atoms with Crippen LogP contribution in [0.25, 0.3) is 0 Å². The molecule has 0 bridgehead atoms. The minimum absolute atomic E-state index is 0.131. The van der Waals surface area contributed by atoms with Gasteiger partial charge in [0, 0.05) is 6.54 Å². The first-order chi connectivity index (χ1) is 16.6. The first-order valence-corrected chi connectivity index (χ1v) is 11.5. The van der Waals surface area contributed by atoms with Crippen LogP contribution in [0.5, 0.6) is 5.75 Å². The maximum absolute atomic E-state index is 13.9. The van der Waals surface area contributed by atoms with Gasteiger partial charge in [0.05, 0.1) is 23.3 Å². The third kappa shape index (κ3) is 4.18. The molecule has 3 aromatic rings. The summed E-state index contributed by atoms with van der Waals surface area (Å²) in [6.45, 7) is -1.13. The number of nitrogens with zero attached hydrogens (tertiary/aromatic N) is 1. The van der Waals surface area contributed by atoms with Crippen LogP contribution in [-0.2, 0) is 27.8 Å². The largest absolute Gasteiger partial charge is 0.496 e. The molecule has 0 fully saturated rings. The van der Waals surface area contributed by atoms with Gasteiger partial charge in [-0.2, -0.15) is 0 Å². The number of hydrogen-bond donors (Lipinski definition) is 0. The molecule has 1 aliphatic rings. The summed E-state index contributed by atoms with van der Waals surface area (Å²) in [6, 6.07) is 10.2. The van der Waals surface area contributed by atoms with Crippen LogP contribution in [0.2, 0.25) is 0 Å². The molecule has 0 spiro atoms. The van der Waals surface area contributed by atoms with Crippen LogP contribution in [0.4, 0.5) is 27.6 Å². The summed E-state index contributed by atoms with van der Waals surface area (Å²) in [4.78, 5) is 12.3. The van der Waals surface area contributed by atoms with Crippen molar-refractivity contribution in [3.05, 3.63) is 88.2 Å². The van der Waals surface area contributed by atoms with Gasteiger partial charge < -0.3 is 9.47 Å². The minimum atomic E-state index is -4.12. The van der Waals surface area contributed by atoms with Gasteiger partial charge in [0.1, 0.15) is 17.9 Å². The Morgan fingerprint density at radius 2 is 1.57 bits per heavy atom. The molecule has 4 rings (SSSR count). The van der Waals surface area contributed by atoms with Crippen molar-refractivity contribution in [2.45, 2.75) is 17.9 Å². The van der Waals surface area contributed by atoms with E-state index in [0.29, 0.717) is 12.1 Å². The molecule has 1 heterocycles. The van der Waals surface area contributed by atoms with Crippen molar-refractivity contribution in [3.63, 3.8) is 0 Å². The van der Waals surface area contributed by atoms with E-state index in [1.54, 1.807) is 24.3 Å². The molecule has 0 amide bonds. The number of esters is 1. The summed E-state index contributed by atoms with van der Waals surface area (Å²) in [7, 11) is -2.94. The Balaban J connectivity index is 1.65. The molecule has 3 aromatic carbocycles. The van der Waals surface area contributed by atoms with Crippen molar-refractivity contribution in [1.29, 1.82) is 0 Å². The topological polar surface area (TPSA) is 72.9 Å². The Morgan fingerprint density at radius 1 is 0.943 bits per heavy atom. The molecule has 0 atom stereocenters. The highest BCUT2D eigenvalue weighted by molar-refractivity contribution is 7.92. The number of fused-ring (bicyclic) bond motifs is 1. The number of rotatable bonds is 6. The number of methoxy groups -OCH3 is 1. The molecular weight excluding hydrogens is 497 g/mol. The third-order valence-electron chi connectivity index (χ3n) is 5.47. The number of halogens is 5. The third-order valence-corrected chi connectivity index (χ3v) is 7.28. The van der Waals surface area contributed by atoms with E-state index in [9.17, 15) is 35.2 Å². The summed E-state index contributed by atoms with van der Waals surface area (Å²) in [6.07, 6.45) is 0.488. The summed E-state index contributed by atoms with van der Waals surface area (Å²) in [5.41, 5.74) is -0.470. The van der Waals surface area contributed by atoms with E-state index in [1.165, 1.54) is 23.5 Å². The molecule has 0 aromatic heterocycles. The first-order valence-electron chi connectivity index (χ1n) is 10.0. The Morgan fingerprint density at radius 3 is 2.23 bits per heavy atom. The normalized spacial score (nSPS) is 13.0. The van der Waals surface area contributed by atoms with E-state index in [0.717, 1.165) is 11.6 Å². The van der Waals surface area contributed by atoms with Gasteiger partial charge in [-0.25, -0.2) is 35.2 Å². The molecule has 6 nitrogen and oxygen atoms in total. The van der Waals surface area contributed by atoms with Gasteiger partial charge in [-0.1, -0.05) is 18.2 Å². The fourth-order valence-corrected chi connectivity index (χ4v) is 5.21. The monoisotopic (exact) mass is 513 g/mol. The standard InChI is InChI=1S/C23H16F5NO5S/c1-33-17-7-6-13(35(31,32)29-9-8-12-4-2-3-5-16(12)29)10-14(17)23(30)34-11-15-18(24)20(26)22(28)21(27)19(15)25/h2-7,10H,8-9,11H2,1H3. The van der Waals surface area contributed by atoms with E-state index in [-0.39, 0.29) is 17.2 Å². The number of ether oxygens (including phenoxy) is 2. The second-order valence-electron chi connectivity index (χ2n) is 7.44. The van der Waals surface area contributed by atoms with Crippen molar-refractivity contribution in [2.75, 3.05) is 18.0 Å². The van der Waals surface area contributed by atoms with Crippen LogP contribution >= 0.6 is 0 Å². The lowest BCUT2D eigenvalue weighted by Gasteiger charge is -2.20. The maximum Gasteiger partial charge on any atom is 0.342 e. The highest BCUT2D eigenvalue weighted by atomic mass is 32.2. The van der Waals surface area contributed by atoms with Crippen LogP contribution in [0.15, 0.2) is 47.4 Å². The number of anilines is 1. The molecule has 12 heteroatoms. The molecule has 0 unspecified atom stereocenters. The van der Waals surface area contributed by atoms with E-state index >= 15 is 0 Å². The minimum Gasteiger partial charge on any atom is -0.496 e. The lowest BCUT2D eigenvalue weighted by Crippen LogP contribution is -2.29. The van der Waals surface area contributed by atoms with E-state index < -0.39 is 62.8 Å². The van der Waals surface area contributed by atoms with Crippen molar-refractivity contribution >= 4 is 21.7 Å². The van der Waals surface area contributed by atoms with Crippen molar-refractivity contribution < 1.29 is 44.6 Å².